The van der Waals surface area contributed by atoms with E-state index in [1.165, 1.54) is 9.35 Å². The van der Waals surface area contributed by atoms with Crippen molar-refractivity contribution in [2.75, 3.05) is 7.05 Å². The third-order valence-corrected chi connectivity index (χ3v) is 4.82. The Morgan fingerprint density at radius 2 is 2.07 bits per heavy atom. The zero-order chi connectivity index (χ0) is 11.4. The summed E-state index contributed by atoms with van der Waals surface area (Å²) in [4.78, 5) is 1.45. The molecule has 3 heteroatoms. The summed E-state index contributed by atoms with van der Waals surface area (Å²) in [5, 5.41) is 5.59. The fourth-order valence-corrected chi connectivity index (χ4v) is 3.20. The predicted octanol–water partition coefficient (Wildman–Crippen LogP) is 3.93. The number of hydrogen-bond acceptors (Lipinski definition) is 2. The molecule has 86 valence electrons. The summed E-state index contributed by atoms with van der Waals surface area (Å²) < 4.78 is 1.20. The summed E-state index contributed by atoms with van der Waals surface area (Å²) in [7, 11) is 2.06. The number of nitrogens with one attached hydrogen (secondary N) is 1. The molecule has 0 radical (unpaired) electrons. The Labute approximate surface area is 105 Å². The van der Waals surface area contributed by atoms with Crippen LogP contribution in [0.25, 0.3) is 0 Å². The molecule has 1 heterocycles. The van der Waals surface area contributed by atoms with Gasteiger partial charge in [-0.05, 0) is 47.3 Å². The fraction of sp³-hybridized carbons (Fsp3) is 0.667. The summed E-state index contributed by atoms with van der Waals surface area (Å²) >= 11 is 5.34. The summed E-state index contributed by atoms with van der Waals surface area (Å²) in [6.07, 6.45) is 1.13. The van der Waals surface area contributed by atoms with Crippen LogP contribution in [0.15, 0.2) is 15.9 Å². The molecule has 0 aliphatic heterocycles. The molecule has 1 aromatic rings. The van der Waals surface area contributed by atoms with E-state index >= 15 is 0 Å². The van der Waals surface area contributed by atoms with Gasteiger partial charge < -0.3 is 5.32 Å². The lowest BCUT2D eigenvalue weighted by molar-refractivity contribution is 0.311. The molecule has 0 saturated heterocycles. The van der Waals surface area contributed by atoms with Crippen molar-refractivity contribution < 1.29 is 0 Å². The minimum atomic E-state index is 0.579. The maximum absolute atomic E-state index is 3.50. The highest BCUT2D eigenvalue weighted by Gasteiger charge is 2.19. The van der Waals surface area contributed by atoms with E-state index in [1.54, 1.807) is 0 Å². The lowest BCUT2D eigenvalue weighted by Crippen LogP contribution is -2.36. The van der Waals surface area contributed by atoms with Gasteiger partial charge in [0, 0.05) is 20.8 Å². The van der Waals surface area contributed by atoms with Gasteiger partial charge in [0.05, 0.1) is 0 Å². The van der Waals surface area contributed by atoms with E-state index in [-0.39, 0.29) is 0 Å². The van der Waals surface area contributed by atoms with Crippen molar-refractivity contribution in [2.45, 2.75) is 33.2 Å². The lowest BCUT2D eigenvalue weighted by atomic mass is 9.88. The number of halogens is 1. The van der Waals surface area contributed by atoms with Gasteiger partial charge in [0.15, 0.2) is 0 Å². The highest BCUT2D eigenvalue weighted by molar-refractivity contribution is 9.10. The summed E-state index contributed by atoms with van der Waals surface area (Å²) in [5.41, 5.74) is 0. The van der Waals surface area contributed by atoms with Gasteiger partial charge in [0.1, 0.15) is 0 Å². The molecule has 0 aliphatic rings. The third-order valence-electron chi connectivity index (χ3n) is 3.10. The van der Waals surface area contributed by atoms with Crippen LogP contribution in [0.4, 0.5) is 0 Å². The maximum atomic E-state index is 3.50. The Morgan fingerprint density at radius 3 is 2.47 bits per heavy atom. The number of rotatable bonds is 5. The number of hydrogen-bond donors (Lipinski definition) is 1. The van der Waals surface area contributed by atoms with Crippen LogP contribution >= 0.6 is 27.3 Å². The zero-order valence-electron chi connectivity index (χ0n) is 9.88. The van der Waals surface area contributed by atoms with E-state index in [2.05, 4.69) is 60.5 Å². The van der Waals surface area contributed by atoms with Crippen LogP contribution in [-0.4, -0.2) is 13.1 Å². The molecule has 0 aromatic carbocycles. The normalized spacial score (nSPS) is 15.6. The van der Waals surface area contributed by atoms with Crippen molar-refractivity contribution in [2.24, 2.45) is 11.8 Å². The monoisotopic (exact) mass is 289 g/mol. The Morgan fingerprint density at radius 1 is 1.40 bits per heavy atom. The molecule has 1 rings (SSSR count). The molecule has 0 amide bonds. The SMILES string of the molecule is CNC(Cc1cc(Br)cs1)C(C)C(C)C. The number of thiophene rings is 1. The molecule has 15 heavy (non-hydrogen) atoms. The summed E-state index contributed by atoms with van der Waals surface area (Å²) in [6, 6.07) is 2.80. The first-order valence-electron chi connectivity index (χ1n) is 5.44. The first-order valence-corrected chi connectivity index (χ1v) is 7.12. The van der Waals surface area contributed by atoms with E-state index in [1.807, 2.05) is 11.3 Å². The molecule has 1 N–H and O–H groups in total. The standard InChI is InChI=1S/C12H20BrNS/c1-8(2)9(3)12(14-4)6-11-5-10(13)7-15-11/h5,7-9,12,14H,6H2,1-4H3. The van der Waals surface area contributed by atoms with Crippen LogP contribution in [0.1, 0.15) is 25.6 Å². The molecular weight excluding hydrogens is 270 g/mol. The average molecular weight is 290 g/mol. The number of likely N-dealkylation sites (N-methyl/N-ethyl adjacent to an activating group) is 1. The molecule has 0 spiro atoms. The van der Waals surface area contributed by atoms with E-state index in [4.69, 9.17) is 0 Å². The van der Waals surface area contributed by atoms with Crippen LogP contribution in [0.5, 0.6) is 0 Å². The smallest absolute Gasteiger partial charge is 0.0285 e. The first kappa shape index (κ1) is 13.2. The van der Waals surface area contributed by atoms with E-state index in [0.29, 0.717) is 12.0 Å². The molecule has 0 saturated carbocycles. The van der Waals surface area contributed by atoms with Crippen LogP contribution in [-0.2, 0) is 6.42 Å². The highest BCUT2D eigenvalue weighted by atomic mass is 79.9. The third kappa shape index (κ3) is 3.89. The van der Waals surface area contributed by atoms with Gasteiger partial charge in [0.25, 0.3) is 0 Å². The van der Waals surface area contributed by atoms with Gasteiger partial charge in [0.2, 0.25) is 0 Å². The van der Waals surface area contributed by atoms with Gasteiger partial charge in [-0.15, -0.1) is 11.3 Å². The Bertz CT molecular complexity index is 296. The van der Waals surface area contributed by atoms with Crippen molar-refractivity contribution in [1.29, 1.82) is 0 Å². The van der Waals surface area contributed by atoms with Crippen LogP contribution in [0.2, 0.25) is 0 Å². The largest absolute Gasteiger partial charge is 0.316 e. The van der Waals surface area contributed by atoms with Crippen molar-refractivity contribution >= 4 is 27.3 Å². The minimum absolute atomic E-state index is 0.579. The molecule has 0 fully saturated rings. The minimum Gasteiger partial charge on any atom is -0.316 e. The van der Waals surface area contributed by atoms with Gasteiger partial charge in [-0.3, -0.25) is 0 Å². The van der Waals surface area contributed by atoms with Gasteiger partial charge >= 0.3 is 0 Å². The van der Waals surface area contributed by atoms with Crippen molar-refractivity contribution in [3.05, 3.63) is 20.8 Å². The van der Waals surface area contributed by atoms with Gasteiger partial charge in [-0.25, -0.2) is 0 Å². The van der Waals surface area contributed by atoms with Gasteiger partial charge in [-0.2, -0.15) is 0 Å². The molecule has 0 aliphatic carbocycles. The second kappa shape index (κ2) is 6.02. The lowest BCUT2D eigenvalue weighted by Gasteiger charge is -2.26. The zero-order valence-corrected chi connectivity index (χ0v) is 12.3. The first-order chi connectivity index (χ1) is 7.04. The van der Waals surface area contributed by atoms with Crippen LogP contribution < -0.4 is 5.32 Å². The van der Waals surface area contributed by atoms with Crippen molar-refractivity contribution in [3.63, 3.8) is 0 Å². The Balaban J connectivity index is 2.61. The van der Waals surface area contributed by atoms with E-state index < -0.39 is 0 Å². The van der Waals surface area contributed by atoms with Gasteiger partial charge in [-0.1, -0.05) is 20.8 Å². The van der Waals surface area contributed by atoms with Crippen molar-refractivity contribution in [3.8, 4) is 0 Å². The van der Waals surface area contributed by atoms with Crippen LogP contribution in [0.3, 0.4) is 0 Å². The molecular formula is C12H20BrNS. The van der Waals surface area contributed by atoms with E-state index in [9.17, 15) is 0 Å². The van der Waals surface area contributed by atoms with Crippen LogP contribution in [0, 0.1) is 11.8 Å². The second-order valence-electron chi connectivity index (χ2n) is 4.43. The maximum Gasteiger partial charge on any atom is 0.0285 e. The summed E-state index contributed by atoms with van der Waals surface area (Å²) in [5.74, 6) is 1.43. The molecule has 0 bridgehead atoms. The van der Waals surface area contributed by atoms with E-state index in [0.717, 1.165) is 12.3 Å². The predicted molar refractivity (Wildman–Crippen MR) is 72.6 cm³/mol. The Hall–Kier alpha value is 0.140. The molecule has 1 aromatic heterocycles. The van der Waals surface area contributed by atoms with Crippen molar-refractivity contribution in [1.82, 2.24) is 5.32 Å². The Kier molecular flexibility index (Phi) is 5.30. The molecule has 2 atom stereocenters. The quantitative estimate of drug-likeness (QED) is 0.866. The highest BCUT2D eigenvalue weighted by Crippen LogP contribution is 2.24. The topological polar surface area (TPSA) is 12.0 Å². The average Bonchev–Trinajstić information content (AvgIpc) is 2.59. The fourth-order valence-electron chi connectivity index (χ4n) is 1.69. The second-order valence-corrected chi connectivity index (χ2v) is 6.35. The summed E-state index contributed by atoms with van der Waals surface area (Å²) in [6.45, 7) is 6.91. The molecule has 1 nitrogen and oxygen atoms in total. The molecule has 2 unspecified atom stereocenters.